The number of nitrogens with zero attached hydrogens (tertiary/aromatic N) is 1. The second-order valence-electron chi connectivity index (χ2n) is 5.15. The van der Waals surface area contributed by atoms with E-state index in [1.54, 1.807) is 18.2 Å². The summed E-state index contributed by atoms with van der Waals surface area (Å²) in [6.45, 7) is 9.72. The van der Waals surface area contributed by atoms with Gasteiger partial charge in [0.15, 0.2) is 0 Å². The van der Waals surface area contributed by atoms with Crippen LogP contribution in [0.15, 0.2) is 18.2 Å². The van der Waals surface area contributed by atoms with Crippen molar-refractivity contribution < 1.29 is 9.31 Å². The summed E-state index contributed by atoms with van der Waals surface area (Å²) in [6.07, 6.45) is 0. The standard InChI is InChI=1S/C13H14BClNO2/c1-12(2)13(3,4)18-14(17-12)11-6-5-10(15)7-9(11)8-16/h5-7H,1H2,2-4H3/q+1. The summed E-state index contributed by atoms with van der Waals surface area (Å²) in [6, 6.07) is 7.18. The Morgan fingerprint density at radius 3 is 2.50 bits per heavy atom. The molecule has 5 heteroatoms. The van der Waals surface area contributed by atoms with Crippen molar-refractivity contribution in [3.8, 4) is 6.07 Å². The lowest BCUT2D eigenvalue weighted by molar-refractivity contribution is 0.0262. The van der Waals surface area contributed by atoms with Crippen molar-refractivity contribution in [2.45, 2.75) is 32.0 Å². The Hall–Kier alpha value is -1.15. The maximum Gasteiger partial charge on any atom is 0.499 e. The fourth-order valence-corrected chi connectivity index (χ4v) is 1.92. The van der Waals surface area contributed by atoms with Crippen LogP contribution in [0.2, 0.25) is 5.02 Å². The smallest absolute Gasteiger partial charge is 0.395 e. The van der Waals surface area contributed by atoms with E-state index >= 15 is 0 Å². The van der Waals surface area contributed by atoms with E-state index in [1.165, 1.54) is 0 Å². The molecular formula is C13H14BClNO2+. The van der Waals surface area contributed by atoms with Gasteiger partial charge in [-0.3, -0.25) is 0 Å². The number of hydrogen-bond donors (Lipinski definition) is 0. The number of benzene rings is 1. The largest absolute Gasteiger partial charge is 0.499 e. The van der Waals surface area contributed by atoms with Crippen LogP contribution in [0.25, 0.3) is 0 Å². The molecule has 1 aliphatic rings. The monoisotopic (exact) mass is 262 g/mol. The van der Waals surface area contributed by atoms with E-state index in [9.17, 15) is 0 Å². The van der Waals surface area contributed by atoms with Gasteiger partial charge >= 0.3 is 7.12 Å². The quantitative estimate of drug-likeness (QED) is 0.576. The molecule has 1 aromatic carbocycles. The van der Waals surface area contributed by atoms with Crippen LogP contribution in [0, 0.1) is 18.3 Å². The molecule has 0 radical (unpaired) electrons. The van der Waals surface area contributed by atoms with Crippen molar-refractivity contribution >= 4 is 24.2 Å². The Labute approximate surface area is 113 Å². The van der Waals surface area contributed by atoms with Gasteiger partial charge in [0.05, 0.1) is 18.6 Å². The first-order chi connectivity index (χ1) is 8.27. The van der Waals surface area contributed by atoms with Gasteiger partial charge in [-0.25, -0.2) is 0 Å². The predicted octanol–water partition coefficient (Wildman–Crippen LogP) is 2.33. The Morgan fingerprint density at radius 2 is 2.00 bits per heavy atom. The predicted molar refractivity (Wildman–Crippen MR) is 71.6 cm³/mol. The normalized spacial score (nSPS) is 26.1. The summed E-state index contributed by atoms with van der Waals surface area (Å²) < 4.78 is 11.7. The highest BCUT2D eigenvalue weighted by Crippen LogP contribution is 2.36. The zero-order valence-corrected chi connectivity index (χ0v) is 11.4. The fourth-order valence-electron chi connectivity index (χ4n) is 1.75. The molecule has 1 heterocycles. The molecule has 0 bridgehead atoms. The lowest BCUT2D eigenvalue weighted by atomic mass is 9.76. The van der Waals surface area contributed by atoms with Gasteiger partial charge in [-0.1, -0.05) is 17.7 Å². The van der Waals surface area contributed by atoms with E-state index in [2.05, 4.69) is 13.0 Å². The van der Waals surface area contributed by atoms with Gasteiger partial charge < -0.3 is 9.31 Å². The van der Waals surface area contributed by atoms with Gasteiger partial charge in [-0.05, 0) is 26.0 Å². The summed E-state index contributed by atoms with van der Waals surface area (Å²) in [4.78, 5) is 0. The van der Waals surface area contributed by atoms with Crippen molar-refractivity contribution in [3.05, 3.63) is 35.7 Å². The second kappa shape index (κ2) is 4.20. The average Bonchev–Trinajstić information content (AvgIpc) is 2.47. The van der Waals surface area contributed by atoms with Crippen LogP contribution in [0.3, 0.4) is 0 Å². The number of nitriles is 1. The first kappa shape index (κ1) is 13.3. The highest BCUT2D eigenvalue weighted by atomic mass is 35.5. The molecule has 0 amide bonds. The summed E-state index contributed by atoms with van der Waals surface area (Å²) in [5.74, 6) is 0. The molecule has 1 saturated heterocycles. The summed E-state index contributed by atoms with van der Waals surface area (Å²) in [7, 11) is -0.589. The summed E-state index contributed by atoms with van der Waals surface area (Å²) >= 11 is 5.87. The zero-order chi connectivity index (χ0) is 13.6. The Morgan fingerprint density at radius 1 is 1.33 bits per heavy atom. The van der Waals surface area contributed by atoms with E-state index in [-0.39, 0.29) is 0 Å². The third-order valence-electron chi connectivity index (χ3n) is 3.43. The van der Waals surface area contributed by atoms with Crippen LogP contribution < -0.4 is 5.46 Å². The number of hydrogen-bond acceptors (Lipinski definition) is 3. The van der Waals surface area contributed by atoms with Crippen LogP contribution in [0.1, 0.15) is 26.3 Å². The third-order valence-corrected chi connectivity index (χ3v) is 3.67. The second-order valence-corrected chi connectivity index (χ2v) is 5.59. The van der Waals surface area contributed by atoms with Crippen LogP contribution >= 0.6 is 11.6 Å². The van der Waals surface area contributed by atoms with Crippen LogP contribution in [0.4, 0.5) is 0 Å². The molecule has 1 aromatic rings. The van der Waals surface area contributed by atoms with E-state index in [0.717, 1.165) is 0 Å². The van der Waals surface area contributed by atoms with Crippen LogP contribution in [-0.4, -0.2) is 18.3 Å². The first-order valence-corrected chi connectivity index (χ1v) is 6.05. The maximum atomic E-state index is 9.13. The van der Waals surface area contributed by atoms with Crippen molar-refractivity contribution in [1.29, 1.82) is 5.26 Å². The molecule has 0 aliphatic carbocycles. The molecule has 1 atom stereocenters. The molecule has 2 rings (SSSR count). The average molecular weight is 263 g/mol. The minimum atomic E-state index is -0.663. The molecule has 3 nitrogen and oxygen atoms in total. The number of halogens is 1. The highest BCUT2D eigenvalue weighted by Gasteiger charge is 2.57. The van der Waals surface area contributed by atoms with Crippen molar-refractivity contribution in [2.75, 3.05) is 0 Å². The topological polar surface area (TPSA) is 42.2 Å². The Bertz CT molecular complexity index is 506. The van der Waals surface area contributed by atoms with Gasteiger partial charge in [0, 0.05) is 17.4 Å². The molecule has 1 unspecified atom stereocenters. The van der Waals surface area contributed by atoms with E-state index in [1.807, 2.05) is 20.8 Å². The third kappa shape index (κ3) is 2.10. The minimum Gasteiger partial charge on any atom is -0.395 e. The van der Waals surface area contributed by atoms with Gasteiger partial charge in [-0.2, -0.15) is 5.26 Å². The molecule has 0 N–H and O–H groups in total. The molecular weight excluding hydrogens is 248 g/mol. The molecule has 0 aromatic heterocycles. The summed E-state index contributed by atoms with van der Waals surface area (Å²) in [5.41, 5.74) is -0.0445. The SMILES string of the molecule is [CH2+]C1(C)OB(c2ccc(Cl)cc2C#N)OC1(C)C. The van der Waals surface area contributed by atoms with Crippen molar-refractivity contribution in [1.82, 2.24) is 0 Å². The van der Waals surface area contributed by atoms with Crippen LogP contribution in [-0.2, 0) is 9.31 Å². The van der Waals surface area contributed by atoms with E-state index < -0.39 is 18.3 Å². The number of rotatable bonds is 1. The molecule has 0 saturated carbocycles. The highest BCUT2D eigenvalue weighted by molar-refractivity contribution is 6.63. The minimum absolute atomic E-state index is 0.459. The van der Waals surface area contributed by atoms with E-state index in [0.29, 0.717) is 16.0 Å². The van der Waals surface area contributed by atoms with E-state index in [4.69, 9.17) is 26.2 Å². The van der Waals surface area contributed by atoms with Gasteiger partial charge in [-0.15, -0.1) is 0 Å². The summed E-state index contributed by atoms with van der Waals surface area (Å²) in [5, 5.41) is 9.65. The Kier molecular flexibility index (Phi) is 3.10. The lowest BCUT2D eigenvalue weighted by Gasteiger charge is -2.25. The molecule has 18 heavy (non-hydrogen) atoms. The zero-order valence-electron chi connectivity index (χ0n) is 10.7. The van der Waals surface area contributed by atoms with Gasteiger partial charge in [0.25, 0.3) is 0 Å². The first-order valence-electron chi connectivity index (χ1n) is 5.67. The fraction of sp³-hybridized carbons (Fsp3) is 0.385. The van der Waals surface area contributed by atoms with Gasteiger partial charge in [0.1, 0.15) is 5.60 Å². The Balaban J connectivity index is 2.39. The van der Waals surface area contributed by atoms with Gasteiger partial charge in [0.2, 0.25) is 5.60 Å². The van der Waals surface area contributed by atoms with Crippen molar-refractivity contribution in [2.24, 2.45) is 0 Å². The van der Waals surface area contributed by atoms with Crippen molar-refractivity contribution in [3.63, 3.8) is 0 Å². The maximum absolute atomic E-state index is 9.13. The molecule has 1 aliphatic heterocycles. The molecule has 0 spiro atoms. The molecule has 1 fully saturated rings. The van der Waals surface area contributed by atoms with Crippen LogP contribution in [0.5, 0.6) is 0 Å². The molecule has 92 valence electrons. The lowest BCUT2D eigenvalue weighted by Crippen LogP contribution is -2.42.